The Kier molecular flexibility index (Phi) is 3.42. The molecule has 0 saturated carbocycles. The largest absolute Gasteiger partial charge is 0.369 e. The molecular formula is C9H10BrFN2. The summed E-state index contributed by atoms with van der Waals surface area (Å²) in [5.74, 6) is -0.326. The first-order chi connectivity index (χ1) is 6.09. The zero-order valence-corrected chi connectivity index (χ0v) is 9.05. The van der Waals surface area contributed by atoms with Gasteiger partial charge in [0, 0.05) is 18.6 Å². The molecule has 0 saturated heterocycles. The van der Waals surface area contributed by atoms with E-state index in [0.29, 0.717) is 10.2 Å². The van der Waals surface area contributed by atoms with E-state index in [1.165, 1.54) is 6.07 Å². The maximum Gasteiger partial charge on any atom is 0.149 e. The average Bonchev–Trinajstić information content (AvgIpc) is 2.02. The van der Waals surface area contributed by atoms with Crippen LogP contribution in [-0.4, -0.2) is 25.3 Å². The predicted molar refractivity (Wildman–Crippen MR) is 55.9 cm³/mol. The molecule has 0 amide bonds. The lowest BCUT2D eigenvalue weighted by Crippen LogP contribution is -2.07. The molecule has 0 aromatic heterocycles. The maximum atomic E-state index is 13.1. The Bertz CT molecular complexity index is 323. The summed E-state index contributed by atoms with van der Waals surface area (Å²) in [7, 11) is 3.67. The van der Waals surface area contributed by atoms with Gasteiger partial charge in [0.05, 0.1) is 6.34 Å². The van der Waals surface area contributed by atoms with Gasteiger partial charge in [-0.3, -0.25) is 0 Å². The molecule has 1 aromatic rings. The van der Waals surface area contributed by atoms with E-state index in [1.54, 1.807) is 23.4 Å². The van der Waals surface area contributed by atoms with E-state index in [-0.39, 0.29) is 5.82 Å². The van der Waals surface area contributed by atoms with Gasteiger partial charge in [-0.05, 0) is 18.2 Å². The van der Waals surface area contributed by atoms with E-state index in [2.05, 4.69) is 20.9 Å². The molecule has 0 aliphatic heterocycles. The lowest BCUT2D eigenvalue weighted by atomic mass is 10.3. The van der Waals surface area contributed by atoms with E-state index in [9.17, 15) is 4.39 Å². The van der Waals surface area contributed by atoms with Crippen LogP contribution in [0.25, 0.3) is 0 Å². The molecular weight excluding hydrogens is 235 g/mol. The van der Waals surface area contributed by atoms with Gasteiger partial charge < -0.3 is 4.90 Å². The summed E-state index contributed by atoms with van der Waals surface area (Å²) in [6.45, 7) is 0. The quantitative estimate of drug-likeness (QED) is 0.577. The van der Waals surface area contributed by atoms with E-state index < -0.39 is 0 Å². The minimum atomic E-state index is -0.326. The second-order valence-electron chi connectivity index (χ2n) is 2.80. The molecule has 0 radical (unpaired) electrons. The zero-order valence-electron chi connectivity index (χ0n) is 7.46. The highest BCUT2D eigenvalue weighted by molar-refractivity contribution is 9.10. The third-order valence-electron chi connectivity index (χ3n) is 1.34. The summed E-state index contributed by atoms with van der Waals surface area (Å²) in [6.07, 6.45) is 1.56. The van der Waals surface area contributed by atoms with Crippen molar-refractivity contribution in [3.05, 3.63) is 28.5 Å². The fraction of sp³-hybridized carbons (Fsp3) is 0.222. The van der Waals surface area contributed by atoms with Crippen molar-refractivity contribution in [3.63, 3.8) is 0 Å². The van der Waals surface area contributed by atoms with Crippen LogP contribution in [0.4, 0.5) is 10.1 Å². The smallest absolute Gasteiger partial charge is 0.149 e. The predicted octanol–water partition coefficient (Wildman–Crippen LogP) is 2.81. The van der Waals surface area contributed by atoms with E-state index in [4.69, 9.17) is 0 Å². The summed E-state index contributed by atoms with van der Waals surface area (Å²) >= 11 is 3.17. The fourth-order valence-corrected chi connectivity index (χ4v) is 1.10. The molecule has 0 spiro atoms. The van der Waals surface area contributed by atoms with Gasteiger partial charge in [0.1, 0.15) is 11.5 Å². The molecule has 70 valence electrons. The molecule has 0 fully saturated rings. The van der Waals surface area contributed by atoms with Crippen molar-refractivity contribution in [1.82, 2.24) is 4.90 Å². The third kappa shape index (κ3) is 3.14. The molecule has 0 aliphatic rings. The number of nitrogens with zero attached hydrogens (tertiary/aromatic N) is 2. The van der Waals surface area contributed by atoms with Gasteiger partial charge in [-0.25, -0.2) is 9.38 Å². The SMILES string of the molecule is CN(C)C=Nc1ccc(Br)cc1F. The molecule has 0 atom stereocenters. The van der Waals surface area contributed by atoms with Gasteiger partial charge >= 0.3 is 0 Å². The van der Waals surface area contributed by atoms with Gasteiger partial charge in [-0.15, -0.1) is 0 Å². The number of benzene rings is 1. The molecule has 13 heavy (non-hydrogen) atoms. The second-order valence-corrected chi connectivity index (χ2v) is 3.72. The molecule has 0 unspecified atom stereocenters. The lowest BCUT2D eigenvalue weighted by Gasteiger charge is -2.02. The van der Waals surface area contributed by atoms with E-state index >= 15 is 0 Å². The number of rotatable bonds is 2. The topological polar surface area (TPSA) is 15.6 Å². The first-order valence-corrected chi connectivity index (χ1v) is 4.54. The minimum Gasteiger partial charge on any atom is -0.369 e. The molecule has 1 aromatic carbocycles. The number of halogens is 2. The van der Waals surface area contributed by atoms with Gasteiger partial charge in [0.15, 0.2) is 0 Å². The Labute approximate surface area is 85.2 Å². The highest BCUT2D eigenvalue weighted by atomic mass is 79.9. The van der Waals surface area contributed by atoms with Crippen molar-refractivity contribution >= 4 is 28.0 Å². The monoisotopic (exact) mass is 244 g/mol. The Morgan fingerprint density at radius 2 is 2.15 bits per heavy atom. The third-order valence-corrected chi connectivity index (χ3v) is 1.83. The van der Waals surface area contributed by atoms with Crippen molar-refractivity contribution in [2.24, 2.45) is 4.99 Å². The lowest BCUT2D eigenvalue weighted by molar-refractivity contribution is 0.624. The van der Waals surface area contributed by atoms with Crippen LogP contribution in [0, 0.1) is 5.82 Å². The van der Waals surface area contributed by atoms with E-state index in [1.807, 2.05) is 14.1 Å². The van der Waals surface area contributed by atoms with Crippen LogP contribution in [0.3, 0.4) is 0 Å². The van der Waals surface area contributed by atoms with Crippen LogP contribution in [0.2, 0.25) is 0 Å². The van der Waals surface area contributed by atoms with Crippen LogP contribution in [0.5, 0.6) is 0 Å². The number of hydrogen-bond donors (Lipinski definition) is 0. The molecule has 4 heteroatoms. The van der Waals surface area contributed by atoms with Crippen LogP contribution in [0.15, 0.2) is 27.7 Å². The Morgan fingerprint density at radius 1 is 1.46 bits per heavy atom. The Hall–Kier alpha value is -0.900. The van der Waals surface area contributed by atoms with Crippen LogP contribution in [0.1, 0.15) is 0 Å². The van der Waals surface area contributed by atoms with Gasteiger partial charge in [0.25, 0.3) is 0 Å². The number of hydrogen-bond acceptors (Lipinski definition) is 1. The second kappa shape index (κ2) is 4.37. The molecule has 0 N–H and O–H groups in total. The van der Waals surface area contributed by atoms with Crippen molar-refractivity contribution in [1.29, 1.82) is 0 Å². The van der Waals surface area contributed by atoms with Gasteiger partial charge in [0.2, 0.25) is 0 Å². The Morgan fingerprint density at radius 3 is 2.69 bits per heavy atom. The molecule has 0 bridgehead atoms. The van der Waals surface area contributed by atoms with Crippen molar-refractivity contribution in [2.75, 3.05) is 14.1 Å². The van der Waals surface area contributed by atoms with Crippen molar-refractivity contribution in [3.8, 4) is 0 Å². The summed E-state index contributed by atoms with van der Waals surface area (Å²) in [5.41, 5.74) is 0.344. The van der Waals surface area contributed by atoms with Crippen molar-refractivity contribution < 1.29 is 4.39 Å². The van der Waals surface area contributed by atoms with Gasteiger partial charge in [-0.1, -0.05) is 15.9 Å². The minimum absolute atomic E-state index is 0.326. The van der Waals surface area contributed by atoms with Gasteiger partial charge in [-0.2, -0.15) is 0 Å². The number of aliphatic imine (C=N–C) groups is 1. The molecule has 0 aliphatic carbocycles. The summed E-state index contributed by atoms with van der Waals surface area (Å²) < 4.78 is 13.9. The summed E-state index contributed by atoms with van der Waals surface area (Å²) in [6, 6.07) is 4.77. The molecule has 2 nitrogen and oxygen atoms in total. The highest BCUT2D eigenvalue weighted by Gasteiger charge is 1.99. The Balaban J connectivity index is 2.90. The summed E-state index contributed by atoms with van der Waals surface area (Å²) in [5, 5.41) is 0. The molecule has 1 rings (SSSR count). The van der Waals surface area contributed by atoms with E-state index in [0.717, 1.165) is 0 Å². The summed E-state index contributed by atoms with van der Waals surface area (Å²) in [4.78, 5) is 5.70. The van der Waals surface area contributed by atoms with Crippen LogP contribution >= 0.6 is 15.9 Å². The normalized spacial score (nSPS) is 10.8. The standard InChI is InChI=1S/C9H10BrFN2/c1-13(2)6-12-9-4-3-7(10)5-8(9)11/h3-6H,1-2H3. The van der Waals surface area contributed by atoms with Crippen LogP contribution in [-0.2, 0) is 0 Å². The first kappa shape index (κ1) is 10.2. The average molecular weight is 245 g/mol. The van der Waals surface area contributed by atoms with Crippen molar-refractivity contribution in [2.45, 2.75) is 0 Å². The highest BCUT2D eigenvalue weighted by Crippen LogP contribution is 2.21. The maximum absolute atomic E-state index is 13.1. The first-order valence-electron chi connectivity index (χ1n) is 3.75. The fourth-order valence-electron chi connectivity index (χ4n) is 0.764. The zero-order chi connectivity index (χ0) is 9.84. The van der Waals surface area contributed by atoms with Crippen LogP contribution < -0.4 is 0 Å². The molecule has 0 heterocycles.